The number of carboxylic acids is 1. The van der Waals surface area contributed by atoms with Crippen molar-refractivity contribution in [1.82, 2.24) is 5.32 Å². The number of ether oxygens (including phenoxy) is 1. The first-order valence-electron chi connectivity index (χ1n) is 4.88. The second-order valence-corrected chi connectivity index (χ2v) is 4.13. The number of hydrogen-bond acceptors (Lipinski definition) is 3. The summed E-state index contributed by atoms with van der Waals surface area (Å²) in [6.07, 6.45) is 0.557. The number of benzene rings is 1. The van der Waals surface area contributed by atoms with Gasteiger partial charge >= 0.3 is 11.9 Å². The van der Waals surface area contributed by atoms with Gasteiger partial charge in [0.2, 0.25) is 0 Å². The van der Waals surface area contributed by atoms with Gasteiger partial charge in [0, 0.05) is 6.54 Å². The first kappa shape index (κ1) is 13.5. The molecule has 0 aromatic heterocycles. The Morgan fingerprint density at radius 2 is 2.18 bits per heavy atom. The second kappa shape index (κ2) is 6.24. The van der Waals surface area contributed by atoms with E-state index in [1.807, 2.05) is 12.1 Å². The predicted molar refractivity (Wildman–Crippen MR) is 65.0 cm³/mol. The SMILES string of the molecule is COc1ccc(CCNC(=O)C(=O)O)cc1Br. The fraction of sp³-hybridized carbons (Fsp3) is 0.273. The van der Waals surface area contributed by atoms with Crippen molar-refractivity contribution in [2.45, 2.75) is 6.42 Å². The van der Waals surface area contributed by atoms with Crippen LogP contribution in [-0.2, 0) is 16.0 Å². The molecule has 0 aliphatic carbocycles. The Labute approximate surface area is 107 Å². The van der Waals surface area contributed by atoms with Gasteiger partial charge in [-0.05, 0) is 40.0 Å². The van der Waals surface area contributed by atoms with Crippen molar-refractivity contribution in [3.63, 3.8) is 0 Å². The lowest BCUT2D eigenvalue weighted by Gasteiger charge is -2.06. The zero-order valence-corrected chi connectivity index (χ0v) is 10.8. The molecule has 0 radical (unpaired) electrons. The molecule has 1 amide bonds. The summed E-state index contributed by atoms with van der Waals surface area (Å²) in [4.78, 5) is 21.0. The summed E-state index contributed by atoms with van der Waals surface area (Å²) in [6, 6.07) is 5.53. The molecule has 0 fully saturated rings. The Morgan fingerprint density at radius 1 is 1.47 bits per heavy atom. The number of aliphatic carboxylic acids is 1. The average molecular weight is 302 g/mol. The van der Waals surface area contributed by atoms with E-state index in [1.54, 1.807) is 13.2 Å². The van der Waals surface area contributed by atoms with Crippen LogP contribution in [0.15, 0.2) is 22.7 Å². The molecular weight excluding hydrogens is 290 g/mol. The van der Waals surface area contributed by atoms with Gasteiger partial charge in [-0.3, -0.25) is 4.79 Å². The standard InChI is InChI=1S/C11H12BrNO4/c1-17-9-3-2-7(6-8(9)12)4-5-13-10(14)11(15)16/h2-3,6H,4-5H2,1H3,(H,13,14)(H,15,16). The van der Waals surface area contributed by atoms with Gasteiger partial charge in [0.1, 0.15) is 5.75 Å². The molecule has 0 atom stereocenters. The lowest BCUT2D eigenvalue weighted by atomic mass is 10.1. The molecule has 2 N–H and O–H groups in total. The molecule has 92 valence electrons. The second-order valence-electron chi connectivity index (χ2n) is 3.28. The van der Waals surface area contributed by atoms with Crippen molar-refractivity contribution >= 4 is 27.8 Å². The van der Waals surface area contributed by atoms with Crippen molar-refractivity contribution in [3.8, 4) is 5.75 Å². The van der Waals surface area contributed by atoms with E-state index in [2.05, 4.69) is 21.2 Å². The van der Waals surface area contributed by atoms with E-state index in [9.17, 15) is 9.59 Å². The van der Waals surface area contributed by atoms with Crippen molar-refractivity contribution in [2.24, 2.45) is 0 Å². The van der Waals surface area contributed by atoms with E-state index < -0.39 is 11.9 Å². The number of halogens is 1. The van der Waals surface area contributed by atoms with E-state index in [0.29, 0.717) is 6.42 Å². The predicted octanol–water partition coefficient (Wildman–Crippen LogP) is 1.20. The van der Waals surface area contributed by atoms with Crippen LogP contribution in [0.4, 0.5) is 0 Å². The number of hydrogen-bond donors (Lipinski definition) is 2. The highest BCUT2D eigenvalue weighted by atomic mass is 79.9. The third-order valence-electron chi connectivity index (χ3n) is 2.11. The monoisotopic (exact) mass is 301 g/mol. The fourth-order valence-electron chi connectivity index (χ4n) is 1.26. The summed E-state index contributed by atoms with van der Waals surface area (Å²) in [5.41, 5.74) is 0.975. The van der Waals surface area contributed by atoms with Crippen molar-refractivity contribution in [2.75, 3.05) is 13.7 Å². The summed E-state index contributed by atoms with van der Waals surface area (Å²) in [7, 11) is 1.58. The van der Waals surface area contributed by atoms with Gasteiger partial charge in [-0.2, -0.15) is 0 Å². The van der Waals surface area contributed by atoms with Gasteiger partial charge in [-0.1, -0.05) is 6.07 Å². The van der Waals surface area contributed by atoms with E-state index >= 15 is 0 Å². The number of carbonyl (C=O) groups is 2. The van der Waals surface area contributed by atoms with E-state index in [-0.39, 0.29) is 6.54 Å². The number of carbonyl (C=O) groups excluding carboxylic acids is 1. The lowest BCUT2D eigenvalue weighted by Crippen LogP contribution is -2.32. The van der Waals surface area contributed by atoms with Crippen LogP contribution in [0.1, 0.15) is 5.56 Å². The number of rotatable bonds is 4. The molecule has 0 unspecified atom stereocenters. The van der Waals surface area contributed by atoms with Crippen LogP contribution in [0, 0.1) is 0 Å². The molecule has 5 nitrogen and oxygen atoms in total. The number of carboxylic acid groups (broad SMARTS) is 1. The third-order valence-corrected chi connectivity index (χ3v) is 2.73. The van der Waals surface area contributed by atoms with Crippen LogP contribution in [0.3, 0.4) is 0 Å². The van der Waals surface area contributed by atoms with Crippen LogP contribution in [0.2, 0.25) is 0 Å². The first-order valence-corrected chi connectivity index (χ1v) is 5.67. The molecule has 1 aromatic carbocycles. The highest BCUT2D eigenvalue weighted by molar-refractivity contribution is 9.10. The maximum absolute atomic E-state index is 10.8. The van der Waals surface area contributed by atoms with Crippen LogP contribution in [0.5, 0.6) is 5.75 Å². The van der Waals surface area contributed by atoms with Gasteiger partial charge in [-0.25, -0.2) is 4.79 Å². The van der Waals surface area contributed by atoms with Crippen LogP contribution in [-0.4, -0.2) is 30.6 Å². The zero-order valence-electron chi connectivity index (χ0n) is 9.20. The topological polar surface area (TPSA) is 75.6 Å². The number of methoxy groups -OCH3 is 1. The molecule has 1 rings (SSSR count). The van der Waals surface area contributed by atoms with Gasteiger partial charge in [0.05, 0.1) is 11.6 Å². The Bertz CT molecular complexity index is 433. The highest BCUT2D eigenvalue weighted by Crippen LogP contribution is 2.25. The first-order chi connectivity index (χ1) is 8.04. The van der Waals surface area contributed by atoms with Crippen LogP contribution >= 0.6 is 15.9 Å². The van der Waals surface area contributed by atoms with Crippen LogP contribution in [0.25, 0.3) is 0 Å². The van der Waals surface area contributed by atoms with Crippen LogP contribution < -0.4 is 10.1 Å². The molecule has 6 heteroatoms. The molecule has 0 aliphatic rings. The summed E-state index contributed by atoms with van der Waals surface area (Å²) in [6.45, 7) is 0.282. The molecule has 0 aliphatic heterocycles. The summed E-state index contributed by atoms with van der Waals surface area (Å²) >= 11 is 3.34. The van der Waals surface area contributed by atoms with Gasteiger partial charge < -0.3 is 15.2 Å². The molecule has 0 heterocycles. The molecule has 0 spiro atoms. The average Bonchev–Trinajstić information content (AvgIpc) is 2.29. The van der Waals surface area contributed by atoms with E-state index in [1.165, 1.54) is 0 Å². The molecule has 1 aromatic rings. The largest absolute Gasteiger partial charge is 0.496 e. The minimum absolute atomic E-state index is 0.282. The lowest BCUT2D eigenvalue weighted by molar-refractivity contribution is -0.150. The minimum Gasteiger partial charge on any atom is -0.496 e. The Morgan fingerprint density at radius 3 is 2.71 bits per heavy atom. The minimum atomic E-state index is -1.47. The smallest absolute Gasteiger partial charge is 0.394 e. The number of amides is 1. The quantitative estimate of drug-likeness (QED) is 0.820. The summed E-state index contributed by atoms with van der Waals surface area (Å²) in [5.74, 6) is -1.73. The maximum atomic E-state index is 10.8. The molecule has 0 saturated carbocycles. The maximum Gasteiger partial charge on any atom is 0.394 e. The van der Waals surface area contributed by atoms with Crippen molar-refractivity contribution in [3.05, 3.63) is 28.2 Å². The number of nitrogens with one attached hydrogen (secondary N) is 1. The Kier molecular flexibility index (Phi) is 4.96. The Hall–Kier alpha value is -1.56. The molecule has 0 saturated heterocycles. The normalized spacial score (nSPS) is 9.76. The highest BCUT2D eigenvalue weighted by Gasteiger charge is 2.09. The fourth-order valence-corrected chi connectivity index (χ4v) is 1.85. The molecular formula is C11H12BrNO4. The van der Waals surface area contributed by atoms with Gasteiger partial charge in [0.25, 0.3) is 0 Å². The van der Waals surface area contributed by atoms with Crippen molar-refractivity contribution in [1.29, 1.82) is 0 Å². The summed E-state index contributed by atoms with van der Waals surface area (Å²) < 4.78 is 5.90. The zero-order chi connectivity index (χ0) is 12.8. The van der Waals surface area contributed by atoms with E-state index in [0.717, 1.165) is 15.8 Å². The summed E-state index contributed by atoms with van der Waals surface area (Å²) in [5, 5.41) is 10.6. The van der Waals surface area contributed by atoms with Gasteiger partial charge in [-0.15, -0.1) is 0 Å². The third kappa shape index (κ3) is 4.07. The Balaban J connectivity index is 2.50. The van der Waals surface area contributed by atoms with E-state index in [4.69, 9.17) is 9.84 Å². The molecule has 0 bridgehead atoms. The molecule has 17 heavy (non-hydrogen) atoms. The van der Waals surface area contributed by atoms with Gasteiger partial charge in [0.15, 0.2) is 0 Å². The van der Waals surface area contributed by atoms with Crippen molar-refractivity contribution < 1.29 is 19.4 Å².